The first-order valence-corrected chi connectivity index (χ1v) is 7.52. The van der Waals surface area contributed by atoms with Crippen LogP contribution in [0, 0.1) is 26.7 Å². The number of hydrogen-bond acceptors (Lipinski definition) is 4. The summed E-state index contributed by atoms with van der Waals surface area (Å²) in [5.74, 6) is -2.02. The maximum atomic E-state index is 12.3. The number of esters is 1. The first kappa shape index (κ1) is 16.3. The Balaban J connectivity index is 2.53. The van der Waals surface area contributed by atoms with Gasteiger partial charge in [0.15, 0.2) is 5.78 Å². The van der Waals surface area contributed by atoms with Gasteiger partial charge in [-0.1, -0.05) is 17.7 Å². The van der Waals surface area contributed by atoms with Gasteiger partial charge in [-0.05, 0) is 44.4 Å². The molecule has 0 heterocycles. The van der Waals surface area contributed by atoms with Crippen molar-refractivity contribution in [3.63, 3.8) is 0 Å². The minimum atomic E-state index is -0.808. The lowest BCUT2D eigenvalue weighted by atomic mass is 9.74. The van der Waals surface area contributed by atoms with Crippen molar-refractivity contribution in [1.29, 1.82) is 0 Å². The average Bonchev–Trinajstić information content (AvgIpc) is 2.36. The number of aliphatic hydroxyl groups is 1. The molecule has 118 valence electrons. The lowest BCUT2D eigenvalue weighted by Crippen LogP contribution is -2.32. The Morgan fingerprint density at radius 2 is 1.86 bits per heavy atom. The van der Waals surface area contributed by atoms with Gasteiger partial charge in [-0.25, -0.2) is 0 Å². The van der Waals surface area contributed by atoms with Crippen LogP contribution in [0.2, 0.25) is 0 Å². The van der Waals surface area contributed by atoms with E-state index in [2.05, 4.69) is 0 Å². The molecule has 1 aliphatic rings. The van der Waals surface area contributed by atoms with Crippen LogP contribution in [0.25, 0.3) is 0 Å². The van der Waals surface area contributed by atoms with E-state index in [0.29, 0.717) is 0 Å². The number of ketones is 1. The Morgan fingerprint density at radius 3 is 2.41 bits per heavy atom. The maximum absolute atomic E-state index is 12.3. The minimum absolute atomic E-state index is 0.164. The van der Waals surface area contributed by atoms with Gasteiger partial charge in [0, 0.05) is 18.4 Å². The zero-order chi connectivity index (χ0) is 16.4. The SMILES string of the molecule is CCOC(=O)C1C(O)=CC(=O)CC1c1c(C)cc(C)cc1C. The summed E-state index contributed by atoms with van der Waals surface area (Å²) in [6.07, 6.45) is 1.36. The van der Waals surface area contributed by atoms with Crippen molar-refractivity contribution in [2.75, 3.05) is 6.61 Å². The van der Waals surface area contributed by atoms with Gasteiger partial charge < -0.3 is 9.84 Å². The molecule has 4 heteroatoms. The van der Waals surface area contributed by atoms with E-state index in [1.807, 2.05) is 32.9 Å². The van der Waals surface area contributed by atoms with E-state index in [9.17, 15) is 14.7 Å². The highest BCUT2D eigenvalue weighted by atomic mass is 16.5. The number of allylic oxidation sites excluding steroid dienone is 1. The van der Waals surface area contributed by atoms with Crippen LogP contribution >= 0.6 is 0 Å². The van der Waals surface area contributed by atoms with Crippen LogP contribution in [0.15, 0.2) is 24.0 Å². The Hall–Kier alpha value is -2.10. The second-order valence-electron chi connectivity index (χ2n) is 5.89. The number of rotatable bonds is 3. The zero-order valence-electron chi connectivity index (χ0n) is 13.5. The van der Waals surface area contributed by atoms with Crippen molar-refractivity contribution >= 4 is 11.8 Å². The molecular formula is C18H22O4. The van der Waals surface area contributed by atoms with Crippen molar-refractivity contribution in [3.05, 3.63) is 46.2 Å². The monoisotopic (exact) mass is 302 g/mol. The molecule has 2 atom stereocenters. The molecule has 0 amide bonds. The molecule has 0 aliphatic heterocycles. The predicted molar refractivity (Wildman–Crippen MR) is 83.9 cm³/mol. The van der Waals surface area contributed by atoms with E-state index in [1.54, 1.807) is 6.92 Å². The summed E-state index contributed by atoms with van der Waals surface area (Å²) in [6.45, 7) is 7.92. The van der Waals surface area contributed by atoms with Crippen molar-refractivity contribution in [2.24, 2.45) is 5.92 Å². The fourth-order valence-corrected chi connectivity index (χ4v) is 3.42. The average molecular weight is 302 g/mol. The first-order chi connectivity index (χ1) is 10.3. The van der Waals surface area contributed by atoms with Crippen molar-refractivity contribution in [1.82, 2.24) is 0 Å². The second-order valence-corrected chi connectivity index (χ2v) is 5.89. The molecule has 0 radical (unpaired) electrons. The number of carbonyl (C=O) groups excluding carboxylic acids is 2. The normalized spacial score (nSPS) is 21.5. The van der Waals surface area contributed by atoms with Crippen LogP contribution in [0.4, 0.5) is 0 Å². The van der Waals surface area contributed by atoms with Crippen LogP contribution in [0.5, 0.6) is 0 Å². The van der Waals surface area contributed by atoms with Crippen LogP contribution in [-0.4, -0.2) is 23.5 Å². The molecule has 1 aromatic carbocycles. The molecule has 1 N–H and O–H groups in total. The van der Waals surface area contributed by atoms with Crippen molar-refractivity contribution in [3.8, 4) is 0 Å². The molecule has 0 bridgehead atoms. The molecule has 2 rings (SSSR count). The number of aryl methyl sites for hydroxylation is 3. The number of hydrogen-bond donors (Lipinski definition) is 1. The molecule has 1 aliphatic carbocycles. The summed E-state index contributed by atoms with van der Waals surface area (Å²) >= 11 is 0. The van der Waals surface area contributed by atoms with Crippen molar-refractivity contribution < 1.29 is 19.4 Å². The summed E-state index contributed by atoms with van der Waals surface area (Å²) in [4.78, 5) is 24.1. The Bertz CT molecular complexity index is 619. The van der Waals surface area contributed by atoms with Crippen LogP contribution < -0.4 is 0 Å². The third-order valence-electron chi connectivity index (χ3n) is 4.10. The molecule has 0 spiro atoms. The van der Waals surface area contributed by atoms with Gasteiger partial charge in [0.2, 0.25) is 0 Å². The van der Waals surface area contributed by atoms with E-state index in [1.165, 1.54) is 0 Å². The summed E-state index contributed by atoms with van der Waals surface area (Å²) in [5.41, 5.74) is 4.14. The Morgan fingerprint density at radius 1 is 1.27 bits per heavy atom. The van der Waals surface area contributed by atoms with Gasteiger partial charge in [0.1, 0.15) is 11.7 Å². The van der Waals surface area contributed by atoms with Gasteiger partial charge in [0.05, 0.1) is 6.61 Å². The summed E-state index contributed by atoms with van der Waals surface area (Å²) in [5, 5.41) is 10.1. The fourth-order valence-electron chi connectivity index (χ4n) is 3.42. The summed E-state index contributed by atoms with van der Waals surface area (Å²) in [6, 6.07) is 4.06. The Labute approximate surface area is 130 Å². The van der Waals surface area contributed by atoms with E-state index in [0.717, 1.165) is 28.3 Å². The third kappa shape index (κ3) is 3.06. The minimum Gasteiger partial charge on any atom is -0.511 e. The topological polar surface area (TPSA) is 63.6 Å². The molecule has 4 nitrogen and oxygen atoms in total. The number of ether oxygens (including phenoxy) is 1. The van der Waals surface area contributed by atoms with E-state index >= 15 is 0 Å². The van der Waals surface area contributed by atoms with Crippen molar-refractivity contribution in [2.45, 2.75) is 40.0 Å². The fraction of sp³-hybridized carbons (Fsp3) is 0.444. The predicted octanol–water partition coefficient (Wildman–Crippen LogP) is 3.29. The van der Waals surface area contributed by atoms with E-state index in [-0.39, 0.29) is 30.5 Å². The van der Waals surface area contributed by atoms with Gasteiger partial charge in [-0.15, -0.1) is 0 Å². The van der Waals surface area contributed by atoms with E-state index in [4.69, 9.17) is 4.74 Å². The van der Waals surface area contributed by atoms with Crippen LogP contribution in [-0.2, 0) is 14.3 Å². The van der Waals surface area contributed by atoms with E-state index < -0.39 is 11.9 Å². The van der Waals surface area contributed by atoms with Crippen LogP contribution in [0.3, 0.4) is 0 Å². The quantitative estimate of drug-likeness (QED) is 0.870. The molecule has 22 heavy (non-hydrogen) atoms. The third-order valence-corrected chi connectivity index (χ3v) is 4.10. The molecule has 0 saturated carbocycles. The standard InChI is InChI=1S/C18H22O4/c1-5-22-18(21)17-14(8-13(19)9-15(17)20)16-11(3)6-10(2)7-12(16)4/h6-7,9,14,17,20H,5,8H2,1-4H3. The Kier molecular flexibility index (Phi) is 4.69. The lowest BCUT2D eigenvalue weighted by molar-refractivity contribution is -0.148. The number of carbonyl (C=O) groups is 2. The molecule has 2 unspecified atom stereocenters. The summed E-state index contributed by atoms with van der Waals surface area (Å²) in [7, 11) is 0. The molecule has 0 saturated heterocycles. The van der Waals surface area contributed by atoms with Gasteiger partial charge in [-0.3, -0.25) is 9.59 Å². The second kappa shape index (κ2) is 6.34. The lowest BCUT2D eigenvalue weighted by Gasteiger charge is -2.30. The highest BCUT2D eigenvalue weighted by Gasteiger charge is 2.40. The van der Waals surface area contributed by atoms with Gasteiger partial charge >= 0.3 is 5.97 Å². The largest absolute Gasteiger partial charge is 0.511 e. The van der Waals surface area contributed by atoms with Gasteiger partial charge in [-0.2, -0.15) is 0 Å². The molecular weight excluding hydrogens is 280 g/mol. The van der Waals surface area contributed by atoms with Crippen LogP contribution in [0.1, 0.15) is 41.5 Å². The zero-order valence-corrected chi connectivity index (χ0v) is 13.5. The van der Waals surface area contributed by atoms with Gasteiger partial charge in [0.25, 0.3) is 0 Å². The molecule has 0 aromatic heterocycles. The first-order valence-electron chi connectivity index (χ1n) is 7.52. The highest BCUT2D eigenvalue weighted by Crippen LogP contribution is 2.40. The summed E-state index contributed by atoms with van der Waals surface area (Å²) < 4.78 is 5.09. The maximum Gasteiger partial charge on any atom is 0.317 e. The highest BCUT2D eigenvalue weighted by molar-refractivity contribution is 5.94. The number of benzene rings is 1. The number of aliphatic hydroxyl groups excluding tert-OH is 1. The smallest absolute Gasteiger partial charge is 0.317 e. The molecule has 1 aromatic rings. The molecule has 0 fully saturated rings.